The third kappa shape index (κ3) is 3.20. The predicted octanol–water partition coefficient (Wildman–Crippen LogP) is 2.18. The lowest BCUT2D eigenvalue weighted by molar-refractivity contribution is 0.380. The maximum absolute atomic E-state index is 5.85. The molecule has 0 aromatic carbocycles. The van der Waals surface area contributed by atoms with Gasteiger partial charge in [0.25, 0.3) is 0 Å². The highest BCUT2D eigenvalue weighted by Crippen LogP contribution is 2.20. The maximum atomic E-state index is 5.85. The monoisotopic (exact) mass is 235 g/mol. The first kappa shape index (κ1) is 11.3. The molecule has 1 aromatic heterocycles. The molecule has 6 heteroatoms. The van der Waals surface area contributed by atoms with Gasteiger partial charge >= 0.3 is 6.01 Å². The fourth-order valence-corrected chi connectivity index (χ4v) is 1.05. The van der Waals surface area contributed by atoms with Crippen molar-refractivity contribution in [2.45, 2.75) is 12.3 Å². The lowest BCUT2D eigenvalue weighted by atomic mass is 10.4. The van der Waals surface area contributed by atoms with Crippen LogP contribution in [0.1, 0.15) is 6.92 Å². The average Bonchev–Trinajstić information content (AvgIpc) is 2.16. The highest BCUT2D eigenvalue weighted by Gasteiger charge is 2.05. The predicted molar refractivity (Wildman–Crippen MR) is 57.4 cm³/mol. The van der Waals surface area contributed by atoms with Crippen LogP contribution >= 0.6 is 23.2 Å². The van der Waals surface area contributed by atoms with Crippen molar-refractivity contribution in [2.24, 2.45) is 0 Å². The molecule has 0 spiro atoms. The number of anilines is 1. The van der Waals surface area contributed by atoms with Crippen molar-refractivity contribution in [3.8, 4) is 6.01 Å². The van der Waals surface area contributed by atoms with Crippen LogP contribution in [0.3, 0.4) is 0 Å². The van der Waals surface area contributed by atoms with Gasteiger partial charge in [0.2, 0.25) is 0 Å². The summed E-state index contributed by atoms with van der Waals surface area (Å²) in [5.41, 5.74) is 0. The molecule has 0 radical (unpaired) electrons. The normalized spacial score (nSPS) is 12.3. The number of hydrogen-bond acceptors (Lipinski definition) is 4. The third-order valence-corrected chi connectivity index (χ3v) is 1.89. The number of halogens is 2. The fraction of sp³-hybridized carbons (Fsp3) is 0.500. The summed E-state index contributed by atoms with van der Waals surface area (Å²) >= 11 is 11.6. The van der Waals surface area contributed by atoms with Crippen molar-refractivity contribution >= 4 is 29.0 Å². The fourth-order valence-electron chi connectivity index (χ4n) is 0.811. The van der Waals surface area contributed by atoms with Gasteiger partial charge in [0.1, 0.15) is 5.02 Å². The molecule has 1 heterocycles. The number of ether oxygens (including phenoxy) is 1. The Labute approximate surface area is 92.6 Å². The van der Waals surface area contributed by atoms with Crippen LogP contribution in [0.5, 0.6) is 6.01 Å². The zero-order valence-corrected chi connectivity index (χ0v) is 9.43. The minimum Gasteiger partial charge on any atom is -0.467 e. The first-order valence-corrected chi connectivity index (χ1v) is 4.89. The number of nitrogens with zero attached hydrogens (tertiary/aromatic N) is 2. The summed E-state index contributed by atoms with van der Waals surface area (Å²) < 4.78 is 4.86. The molecule has 0 amide bonds. The molecule has 0 saturated carbocycles. The highest BCUT2D eigenvalue weighted by atomic mass is 35.5. The van der Waals surface area contributed by atoms with Crippen molar-refractivity contribution in [3.05, 3.63) is 11.2 Å². The molecule has 1 N–H and O–H groups in total. The van der Waals surface area contributed by atoms with Gasteiger partial charge in [0, 0.05) is 11.9 Å². The van der Waals surface area contributed by atoms with Crippen molar-refractivity contribution in [1.29, 1.82) is 0 Å². The topological polar surface area (TPSA) is 47.0 Å². The van der Waals surface area contributed by atoms with Crippen LogP contribution in [0.15, 0.2) is 6.20 Å². The van der Waals surface area contributed by atoms with Crippen molar-refractivity contribution in [2.75, 3.05) is 19.0 Å². The van der Waals surface area contributed by atoms with Gasteiger partial charge in [0.05, 0.1) is 13.3 Å². The molecule has 4 nitrogen and oxygen atoms in total. The van der Waals surface area contributed by atoms with E-state index in [2.05, 4.69) is 15.3 Å². The van der Waals surface area contributed by atoms with Gasteiger partial charge in [-0.3, -0.25) is 0 Å². The Balaban J connectivity index is 2.73. The minimum absolute atomic E-state index is 0.00651. The standard InChI is InChI=1S/C8H11Cl2N3O/c1-5(9)3-11-7-6(10)4-12-8(13-7)14-2/h4-5H,3H2,1-2H3,(H,11,12,13). The summed E-state index contributed by atoms with van der Waals surface area (Å²) in [6.07, 6.45) is 1.48. The van der Waals surface area contributed by atoms with Crippen LogP contribution in [-0.4, -0.2) is 29.0 Å². The second-order valence-electron chi connectivity index (χ2n) is 2.71. The van der Waals surface area contributed by atoms with Gasteiger partial charge in [0.15, 0.2) is 5.82 Å². The molecule has 1 aromatic rings. The summed E-state index contributed by atoms with van der Waals surface area (Å²) in [7, 11) is 1.50. The average molecular weight is 236 g/mol. The SMILES string of the molecule is COc1ncc(Cl)c(NCC(C)Cl)n1. The third-order valence-electron chi connectivity index (χ3n) is 1.46. The smallest absolute Gasteiger partial charge is 0.318 e. The molecular weight excluding hydrogens is 225 g/mol. The van der Waals surface area contributed by atoms with Crippen molar-refractivity contribution in [3.63, 3.8) is 0 Å². The van der Waals surface area contributed by atoms with Gasteiger partial charge in [-0.2, -0.15) is 4.98 Å². The van der Waals surface area contributed by atoms with E-state index in [9.17, 15) is 0 Å². The molecule has 0 aliphatic heterocycles. The zero-order valence-electron chi connectivity index (χ0n) is 7.92. The van der Waals surface area contributed by atoms with Gasteiger partial charge < -0.3 is 10.1 Å². The van der Waals surface area contributed by atoms with E-state index in [1.807, 2.05) is 6.92 Å². The van der Waals surface area contributed by atoms with E-state index in [4.69, 9.17) is 27.9 Å². The summed E-state index contributed by atoms with van der Waals surface area (Å²) in [6, 6.07) is 0.277. The lowest BCUT2D eigenvalue weighted by Gasteiger charge is -2.08. The Morgan fingerprint density at radius 2 is 2.36 bits per heavy atom. The zero-order chi connectivity index (χ0) is 10.6. The van der Waals surface area contributed by atoms with Crippen molar-refractivity contribution in [1.82, 2.24) is 9.97 Å². The first-order chi connectivity index (χ1) is 6.63. The molecule has 0 aliphatic carbocycles. The molecular formula is C8H11Cl2N3O. The number of methoxy groups -OCH3 is 1. The minimum atomic E-state index is 0.00651. The molecule has 0 aliphatic rings. The number of hydrogen-bond donors (Lipinski definition) is 1. The second-order valence-corrected chi connectivity index (χ2v) is 3.87. The molecule has 0 fully saturated rings. The largest absolute Gasteiger partial charge is 0.467 e. The molecule has 14 heavy (non-hydrogen) atoms. The van der Waals surface area contributed by atoms with Crippen LogP contribution < -0.4 is 10.1 Å². The highest BCUT2D eigenvalue weighted by molar-refractivity contribution is 6.32. The van der Waals surface area contributed by atoms with E-state index in [0.717, 1.165) is 0 Å². The van der Waals surface area contributed by atoms with Crippen molar-refractivity contribution < 1.29 is 4.74 Å². The molecule has 0 saturated heterocycles. The van der Waals surface area contributed by atoms with Crippen LogP contribution in [-0.2, 0) is 0 Å². The Bertz CT molecular complexity index is 307. The molecule has 1 rings (SSSR count). The van der Waals surface area contributed by atoms with E-state index in [1.165, 1.54) is 13.3 Å². The maximum Gasteiger partial charge on any atom is 0.318 e. The van der Waals surface area contributed by atoms with Crippen LogP contribution in [0.2, 0.25) is 5.02 Å². The lowest BCUT2D eigenvalue weighted by Crippen LogP contribution is -2.12. The Hall–Kier alpha value is -0.740. The Morgan fingerprint density at radius 3 is 2.93 bits per heavy atom. The summed E-state index contributed by atoms with van der Waals surface area (Å²) in [6.45, 7) is 2.46. The second kappa shape index (κ2) is 5.22. The first-order valence-electron chi connectivity index (χ1n) is 4.08. The van der Waals surface area contributed by atoms with Gasteiger partial charge in [-0.25, -0.2) is 4.98 Å². The molecule has 1 atom stereocenters. The summed E-state index contributed by atoms with van der Waals surface area (Å²) in [4.78, 5) is 7.87. The number of nitrogens with one attached hydrogen (secondary N) is 1. The molecule has 78 valence electrons. The molecule has 1 unspecified atom stereocenters. The number of aromatic nitrogens is 2. The van der Waals surface area contributed by atoms with Gasteiger partial charge in [-0.1, -0.05) is 11.6 Å². The Kier molecular flexibility index (Phi) is 4.22. The molecule has 0 bridgehead atoms. The van der Waals surface area contributed by atoms with E-state index in [0.29, 0.717) is 17.4 Å². The summed E-state index contributed by atoms with van der Waals surface area (Å²) in [5.74, 6) is 0.533. The van der Waals surface area contributed by atoms with Crippen LogP contribution in [0, 0.1) is 0 Å². The van der Waals surface area contributed by atoms with Gasteiger partial charge in [-0.05, 0) is 6.92 Å². The van der Waals surface area contributed by atoms with Gasteiger partial charge in [-0.15, -0.1) is 11.6 Å². The van der Waals surface area contributed by atoms with E-state index >= 15 is 0 Å². The van der Waals surface area contributed by atoms with Crippen LogP contribution in [0.25, 0.3) is 0 Å². The van der Waals surface area contributed by atoms with E-state index in [-0.39, 0.29) is 11.4 Å². The van der Waals surface area contributed by atoms with E-state index in [1.54, 1.807) is 0 Å². The Morgan fingerprint density at radius 1 is 1.64 bits per heavy atom. The summed E-state index contributed by atoms with van der Waals surface area (Å²) in [5, 5.41) is 3.45. The number of rotatable bonds is 4. The number of alkyl halides is 1. The quantitative estimate of drug-likeness (QED) is 0.814. The van der Waals surface area contributed by atoms with Crippen LogP contribution in [0.4, 0.5) is 5.82 Å². The van der Waals surface area contributed by atoms with E-state index < -0.39 is 0 Å².